The number of hydrogen-bond donors (Lipinski definition) is 0. The van der Waals surface area contributed by atoms with Gasteiger partial charge in [-0.25, -0.2) is 9.97 Å². The van der Waals surface area contributed by atoms with Crippen LogP contribution in [-0.2, 0) is 11.3 Å². The van der Waals surface area contributed by atoms with Crippen molar-refractivity contribution in [3.8, 4) is 5.95 Å². The van der Waals surface area contributed by atoms with Crippen LogP contribution in [0.1, 0.15) is 16.1 Å². The molecular formula is C10H9ClN4O2. The molecule has 0 radical (unpaired) electrons. The standard InChI is InChI=1S/C10H9ClN4O2/c1-17-6-8-7(5-16)9(11)15(14-8)10-12-3-2-4-13-10/h2-5H,6H2,1H3. The minimum Gasteiger partial charge on any atom is -0.378 e. The molecule has 17 heavy (non-hydrogen) atoms. The number of hydrogen-bond acceptors (Lipinski definition) is 5. The summed E-state index contributed by atoms with van der Waals surface area (Å²) in [6.45, 7) is 0.202. The molecule has 88 valence electrons. The highest BCUT2D eigenvalue weighted by Gasteiger charge is 2.17. The average Bonchev–Trinajstić information content (AvgIpc) is 2.67. The van der Waals surface area contributed by atoms with E-state index < -0.39 is 0 Å². The Morgan fingerprint density at radius 2 is 2.18 bits per heavy atom. The maximum atomic E-state index is 10.9. The van der Waals surface area contributed by atoms with Gasteiger partial charge in [-0.05, 0) is 6.07 Å². The number of carbonyl (C=O) groups excluding carboxylic acids is 1. The van der Waals surface area contributed by atoms with Gasteiger partial charge in [0.2, 0.25) is 0 Å². The van der Waals surface area contributed by atoms with Crippen LogP contribution in [0, 0.1) is 0 Å². The molecule has 2 heterocycles. The van der Waals surface area contributed by atoms with E-state index in [1.807, 2.05) is 0 Å². The maximum Gasteiger partial charge on any atom is 0.251 e. The maximum absolute atomic E-state index is 10.9. The van der Waals surface area contributed by atoms with Crippen LogP contribution < -0.4 is 0 Å². The molecule has 0 N–H and O–H groups in total. The van der Waals surface area contributed by atoms with Gasteiger partial charge in [0.25, 0.3) is 5.95 Å². The number of ether oxygens (including phenoxy) is 1. The predicted octanol–water partition coefficient (Wildman–Crippen LogP) is 1.27. The van der Waals surface area contributed by atoms with E-state index in [2.05, 4.69) is 15.1 Å². The fraction of sp³-hybridized carbons (Fsp3) is 0.200. The third kappa shape index (κ3) is 2.17. The first-order valence-corrected chi connectivity index (χ1v) is 5.14. The van der Waals surface area contributed by atoms with E-state index in [0.29, 0.717) is 23.5 Å². The number of halogens is 1. The van der Waals surface area contributed by atoms with Crippen LogP contribution in [0.4, 0.5) is 0 Å². The van der Waals surface area contributed by atoms with E-state index in [0.717, 1.165) is 0 Å². The molecule has 0 amide bonds. The van der Waals surface area contributed by atoms with Crippen molar-refractivity contribution >= 4 is 17.9 Å². The molecule has 0 aliphatic carbocycles. The van der Waals surface area contributed by atoms with Crippen molar-refractivity contribution in [2.75, 3.05) is 7.11 Å². The van der Waals surface area contributed by atoms with Crippen LogP contribution in [0.15, 0.2) is 18.5 Å². The lowest BCUT2D eigenvalue weighted by atomic mass is 10.3. The highest BCUT2D eigenvalue weighted by molar-refractivity contribution is 6.32. The van der Waals surface area contributed by atoms with Crippen molar-refractivity contribution < 1.29 is 9.53 Å². The first-order chi connectivity index (χ1) is 8.27. The van der Waals surface area contributed by atoms with Crippen LogP contribution >= 0.6 is 11.6 Å². The van der Waals surface area contributed by atoms with Crippen molar-refractivity contribution in [1.29, 1.82) is 0 Å². The van der Waals surface area contributed by atoms with E-state index in [4.69, 9.17) is 16.3 Å². The van der Waals surface area contributed by atoms with E-state index >= 15 is 0 Å². The number of nitrogens with zero attached hydrogens (tertiary/aromatic N) is 4. The lowest BCUT2D eigenvalue weighted by Crippen LogP contribution is -2.02. The predicted molar refractivity (Wildman–Crippen MR) is 60.3 cm³/mol. The largest absolute Gasteiger partial charge is 0.378 e. The van der Waals surface area contributed by atoms with Gasteiger partial charge in [0.1, 0.15) is 10.8 Å². The number of rotatable bonds is 4. The van der Waals surface area contributed by atoms with Gasteiger partial charge < -0.3 is 4.74 Å². The molecule has 0 aliphatic heterocycles. The number of carbonyl (C=O) groups is 1. The molecule has 0 aromatic carbocycles. The minimum atomic E-state index is 0.179. The summed E-state index contributed by atoms with van der Waals surface area (Å²) in [5, 5.41) is 4.32. The Bertz CT molecular complexity index is 527. The molecule has 0 atom stereocenters. The van der Waals surface area contributed by atoms with Gasteiger partial charge in [-0.3, -0.25) is 4.79 Å². The normalized spacial score (nSPS) is 10.5. The molecule has 0 aliphatic rings. The minimum absolute atomic E-state index is 0.179. The molecule has 0 unspecified atom stereocenters. The Kier molecular flexibility index (Phi) is 3.46. The van der Waals surface area contributed by atoms with Crippen molar-refractivity contribution in [3.63, 3.8) is 0 Å². The van der Waals surface area contributed by atoms with Gasteiger partial charge >= 0.3 is 0 Å². The monoisotopic (exact) mass is 252 g/mol. The summed E-state index contributed by atoms with van der Waals surface area (Å²) in [6, 6.07) is 1.68. The molecule has 0 saturated carbocycles. The Hall–Kier alpha value is -1.79. The summed E-state index contributed by atoms with van der Waals surface area (Å²) in [4.78, 5) is 18.9. The fourth-order valence-electron chi connectivity index (χ4n) is 1.34. The van der Waals surface area contributed by atoms with Gasteiger partial charge in [0, 0.05) is 19.5 Å². The average molecular weight is 253 g/mol. The molecule has 2 aromatic heterocycles. The third-order valence-electron chi connectivity index (χ3n) is 2.08. The van der Waals surface area contributed by atoms with Gasteiger partial charge in [0.05, 0.1) is 12.2 Å². The molecule has 6 nitrogen and oxygen atoms in total. The van der Waals surface area contributed by atoms with E-state index in [9.17, 15) is 4.79 Å². The highest BCUT2D eigenvalue weighted by atomic mass is 35.5. The van der Waals surface area contributed by atoms with Crippen LogP contribution in [0.5, 0.6) is 0 Å². The highest BCUT2D eigenvalue weighted by Crippen LogP contribution is 2.20. The second kappa shape index (κ2) is 5.03. The van der Waals surface area contributed by atoms with E-state index in [1.165, 1.54) is 11.8 Å². The van der Waals surface area contributed by atoms with Crippen LogP contribution in [0.25, 0.3) is 5.95 Å². The first kappa shape index (κ1) is 11.7. The van der Waals surface area contributed by atoms with Crippen molar-refractivity contribution in [1.82, 2.24) is 19.7 Å². The van der Waals surface area contributed by atoms with Crippen LogP contribution in [-0.4, -0.2) is 33.1 Å². The van der Waals surface area contributed by atoms with Crippen molar-refractivity contribution in [3.05, 3.63) is 34.9 Å². The summed E-state index contributed by atoms with van der Waals surface area (Å²) in [7, 11) is 1.51. The van der Waals surface area contributed by atoms with Gasteiger partial charge in [-0.1, -0.05) is 11.6 Å². The topological polar surface area (TPSA) is 69.9 Å². The quantitative estimate of drug-likeness (QED) is 0.767. The second-order valence-electron chi connectivity index (χ2n) is 3.16. The second-order valence-corrected chi connectivity index (χ2v) is 3.52. The third-order valence-corrected chi connectivity index (χ3v) is 2.44. The summed E-state index contributed by atoms with van der Waals surface area (Å²) in [5.41, 5.74) is 0.751. The molecule has 0 spiro atoms. The Labute approximate surface area is 102 Å². The van der Waals surface area contributed by atoms with E-state index in [-0.39, 0.29) is 11.8 Å². The van der Waals surface area contributed by atoms with Crippen LogP contribution in [0.3, 0.4) is 0 Å². The van der Waals surface area contributed by atoms with Crippen LogP contribution in [0.2, 0.25) is 5.15 Å². The lowest BCUT2D eigenvalue weighted by Gasteiger charge is -1.98. The zero-order chi connectivity index (χ0) is 12.3. The Morgan fingerprint density at radius 1 is 1.47 bits per heavy atom. The zero-order valence-corrected chi connectivity index (χ0v) is 9.76. The molecule has 0 saturated heterocycles. The Balaban J connectivity index is 2.52. The fourth-order valence-corrected chi connectivity index (χ4v) is 1.61. The molecular weight excluding hydrogens is 244 g/mol. The summed E-state index contributed by atoms with van der Waals surface area (Å²) in [5.74, 6) is 0.308. The lowest BCUT2D eigenvalue weighted by molar-refractivity contribution is 0.111. The SMILES string of the molecule is COCc1nn(-c2ncccn2)c(Cl)c1C=O. The smallest absolute Gasteiger partial charge is 0.251 e. The summed E-state index contributed by atoms with van der Waals surface area (Å²) in [6.07, 6.45) is 3.77. The van der Waals surface area contributed by atoms with E-state index in [1.54, 1.807) is 18.5 Å². The molecule has 2 aromatic rings. The molecule has 0 fully saturated rings. The first-order valence-electron chi connectivity index (χ1n) is 4.76. The number of methoxy groups -OCH3 is 1. The van der Waals surface area contributed by atoms with Gasteiger partial charge in [-0.15, -0.1) is 0 Å². The zero-order valence-electron chi connectivity index (χ0n) is 9.00. The number of aldehydes is 1. The molecule has 7 heteroatoms. The molecule has 0 bridgehead atoms. The van der Waals surface area contributed by atoms with Gasteiger partial charge in [-0.2, -0.15) is 9.78 Å². The van der Waals surface area contributed by atoms with Crippen molar-refractivity contribution in [2.45, 2.75) is 6.61 Å². The van der Waals surface area contributed by atoms with Gasteiger partial charge in [0.15, 0.2) is 6.29 Å². The molecule has 2 rings (SSSR count). The van der Waals surface area contributed by atoms with Crippen molar-refractivity contribution in [2.24, 2.45) is 0 Å². The number of aromatic nitrogens is 4. The summed E-state index contributed by atoms with van der Waals surface area (Å²) >= 11 is 6.03. The summed E-state index contributed by atoms with van der Waals surface area (Å²) < 4.78 is 6.25. The Morgan fingerprint density at radius 3 is 2.76 bits per heavy atom.